The lowest BCUT2D eigenvalue weighted by atomic mass is 10.1. The molecular formula is C18H28N6O4S. The van der Waals surface area contributed by atoms with E-state index in [0.29, 0.717) is 22.1 Å². The van der Waals surface area contributed by atoms with Gasteiger partial charge >= 0.3 is 5.97 Å². The summed E-state index contributed by atoms with van der Waals surface area (Å²) in [6.07, 6.45) is 0.367. The third-order valence-electron chi connectivity index (χ3n) is 5.13. The molecule has 160 valence electrons. The molecule has 0 radical (unpaired) electrons. The molecule has 29 heavy (non-hydrogen) atoms. The van der Waals surface area contributed by atoms with Crippen LogP contribution in [0.3, 0.4) is 0 Å². The van der Waals surface area contributed by atoms with Crippen LogP contribution in [-0.2, 0) is 4.79 Å². The van der Waals surface area contributed by atoms with E-state index in [1.165, 1.54) is 16.4 Å². The van der Waals surface area contributed by atoms with Gasteiger partial charge in [-0.05, 0) is 26.2 Å². The summed E-state index contributed by atoms with van der Waals surface area (Å²) in [5.41, 5.74) is 0.890. The van der Waals surface area contributed by atoms with Crippen LogP contribution < -0.4 is 5.32 Å². The van der Waals surface area contributed by atoms with Gasteiger partial charge in [-0.15, -0.1) is 5.10 Å². The minimum atomic E-state index is -1.37. The molecule has 0 saturated heterocycles. The molecule has 10 nitrogen and oxygen atoms in total. The predicted octanol–water partition coefficient (Wildman–Crippen LogP) is 1.69. The van der Waals surface area contributed by atoms with Gasteiger partial charge in [-0.1, -0.05) is 37.2 Å². The van der Waals surface area contributed by atoms with Crippen molar-refractivity contribution in [3.05, 3.63) is 0 Å². The molecule has 0 bridgehead atoms. The van der Waals surface area contributed by atoms with Crippen LogP contribution in [0, 0.1) is 5.92 Å². The average Bonchev–Trinajstić information content (AvgIpc) is 3.22. The highest BCUT2D eigenvalue weighted by Gasteiger charge is 2.47. The van der Waals surface area contributed by atoms with E-state index in [4.69, 9.17) is 0 Å². The standard InChI is InChI=1S/C18H28N6O4S/c1-4-6-9(3)19-15-12-16(21-18(20-15)29-7-5-2)24(23-22-12)11-8-10(17(27)28)13(25)14(11)26/h9-11,13-14,25-26H,4-8H2,1-3H3,(H,27,28)(H,19,20,21)/t9?,10-,11?,13?,14?/m0/s1. The molecular weight excluding hydrogens is 396 g/mol. The van der Waals surface area contributed by atoms with Crippen molar-refractivity contribution < 1.29 is 20.1 Å². The van der Waals surface area contributed by atoms with E-state index in [-0.39, 0.29) is 12.5 Å². The third-order valence-corrected chi connectivity index (χ3v) is 6.18. The average molecular weight is 425 g/mol. The fourth-order valence-corrected chi connectivity index (χ4v) is 4.32. The van der Waals surface area contributed by atoms with Gasteiger partial charge in [0, 0.05) is 11.8 Å². The Morgan fingerprint density at radius 1 is 1.28 bits per heavy atom. The lowest BCUT2D eigenvalue weighted by Gasteiger charge is -2.17. The number of nitrogens with one attached hydrogen (secondary N) is 1. The molecule has 0 aliphatic heterocycles. The molecule has 4 N–H and O–H groups in total. The first-order valence-electron chi connectivity index (χ1n) is 9.98. The first-order valence-corrected chi connectivity index (χ1v) is 11.0. The van der Waals surface area contributed by atoms with E-state index in [1.807, 2.05) is 0 Å². The first kappa shape index (κ1) is 21.7. The van der Waals surface area contributed by atoms with E-state index in [9.17, 15) is 20.1 Å². The molecule has 5 atom stereocenters. The van der Waals surface area contributed by atoms with Gasteiger partial charge in [-0.25, -0.2) is 14.6 Å². The number of aliphatic hydroxyl groups excluding tert-OH is 2. The largest absolute Gasteiger partial charge is 0.481 e. The van der Waals surface area contributed by atoms with Crippen LogP contribution in [0.15, 0.2) is 5.16 Å². The Bertz CT molecular complexity index is 862. The summed E-state index contributed by atoms with van der Waals surface area (Å²) in [7, 11) is 0. The van der Waals surface area contributed by atoms with E-state index in [2.05, 4.69) is 46.4 Å². The maximum atomic E-state index is 11.4. The molecule has 1 aliphatic carbocycles. The number of hydrogen-bond acceptors (Lipinski definition) is 9. The van der Waals surface area contributed by atoms with Crippen molar-refractivity contribution in [1.29, 1.82) is 0 Å². The maximum Gasteiger partial charge on any atom is 0.309 e. The Morgan fingerprint density at radius 3 is 2.66 bits per heavy atom. The van der Waals surface area contributed by atoms with Crippen LogP contribution in [0.2, 0.25) is 0 Å². The molecule has 2 aromatic rings. The predicted molar refractivity (Wildman–Crippen MR) is 109 cm³/mol. The summed E-state index contributed by atoms with van der Waals surface area (Å²) in [5, 5.41) is 42.2. The minimum absolute atomic E-state index is 0.0482. The smallest absolute Gasteiger partial charge is 0.309 e. The van der Waals surface area contributed by atoms with Crippen molar-refractivity contribution in [2.45, 2.75) is 75.9 Å². The number of carbonyl (C=O) groups is 1. The molecule has 2 aromatic heterocycles. The van der Waals surface area contributed by atoms with Crippen LogP contribution >= 0.6 is 11.8 Å². The van der Waals surface area contributed by atoms with Gasteiger partial charge in [0.05, 0.1) is 18.1 Å². The molecule has 11 heteroatoms. The minimum Gasteiger partial charge on any atom is -0.481 e. The Kier molecular flexibility index (Phi) is 6.91. The Balaban J connectivity index is 2.02. The summed E-state index contributed by atoms with van der Waals surface area (Å²) < 4.78 is 1.43. The monoisotopic (exact) mass is 424 g/mol. The van der Waals surface area contributed by atoms with Crippen molar-refractivity contribution >= 4 is 34.7 Å². The van der Waals surface area contributed by atoms with Crippen molar-refractivity contribution in [3.8, 4) is 0 Å². The second kappa shape index (κ2) is 9.23. The summed E-state index contributed by atoms with van der Waals surface area (Å²) in [6, 6.07) is -0.543. The van der Waals surface area contributed by atoms with Gasteiger partial charge in [-0.2, -0.15) is 0 Å². The van der Waals surface area contributed by atoms with Crippen LogP contribution in [0.4, 0.5) is 5.82 Å². The molecule has 1 aliphatic rings. The van der Waals surface area contributed by atoms with Crippen LogP contribution in [0.5, 0.6) is 0 Å². The number of nitrogens with zero attached hydrogens (tertiary/aromatic N) is 5. The zero-order chi connectivity index (χ0) is 21.1. The first-order chi connectivity index (χ1) is 13.9. The molecule has 0 aromatic carbocycles. The number of aliphatic hydroxyl groups is 2. The van der Waals surface area contributed by atoms with Crippen molar-refractivity contribution in [2.24, 2.45) is 5.92 Å². The second-order valence-electron chi connectivity index (χ2n) is 7.47. The van der Waals surface area contributed by atoms with Gasteiger partial charge in [0.15, 0.2) is 22.1 Å². The van der Waals surface area contributed by atoms with Crippen LogP contribution in [-0.4, -0.2) is 70.3 Å². The SMILES string of the molecule is CCCSc1nc(NC(C)CCC)c2nnn(C3C[C@H](C(=O)O)C(O)C3O)c2n1. The lowest BCUT2D eigenvalue weighted by Crippen LogP contribution is -2.32. The zero-order valence-corrected chi connectivity index (χ0v) is 17.6. The van der Waals surface area contributed by atoms with Gasteiger partial charge in [0.2, 0.25) is 0 Å². The molecule has 0 spiro atoms. The van der Waals surface area contributed by atoms with Crippen molar-refractivity contribution in [3.63, 3.8) is 0 Å². The lowest BCUT2D eigenvalue weighted by molar-refractivity contribution is -0.145. The van der Waals surface area contributed by atoms with Crippen molar-refractivity contribution in [2.75, 3.05) is 11.1 Å². The van der Waals surface area contributed by atoms with Gasteiger partial charge < -0.3 is 20.6 Å². The molecule has 0 amide bonds. The summed E-state index contributed by atoms with van der Waals surface area (Å²) >= 11 is 1.51. The quantitative estimate of drug-likeness (QED) is 0.346. The van der Waals surface area contributed by atoms with E-state index in [0.717, 1.165) is 25.0 Å². The molecule has 1 fully saturated rings. The van der Waals surface area contributed by atoms with Crippen LogP contribution in [0.1, 0.15) is 52.5 Å². The number of anilines is 1. The number of thioether (sulfide) groups is 1. The fourth-order valence-electron chi connectivity index (χ4n) is 3.63. The highest BCUT2D eigenvalue weighted by atomic mass is 32.2. The van der Waals surface area contributed by atoms with Crippen molar-refractivity contribution in [1.82, 2.24) is 25.0 Å². The maximum absolute atomic E-state index is 11.4. The number of carboxylic acids is 1. The second-order valence-corrected chi connectivity index (χ2v) is 8.53. The normalized spacial score (nSPS) is 25.4. The number of fused-ring (bicyclic) bond motifs is 1. The fraction of sp³-hybridized carbons (Fsp3) is 0.722. The number of aliphatic carboxylic acids is 1. The number of hydrogen-bond donors (Lipinski definition) is 4. The summed E-state index contributed by atoms with van der Waals surface area (Å²) in [5.74, 6) is -0.785. The van der Waals surface area contributed by atoms with Gasteiger partial charge in [0.1, 0.15) is 6.10 Å². The summed E-state index contributed by atoms with van der Waals surface area (Å²) in [4.78, 5) is 20.6. The highest BCUT2D eigenvalue weighted by molar-refractivity contribution is 7.99. The summed E-state index contributed by atoms with van der Waals surface area (Å²) in [6.45, 7) is 6.25. The Morgan fingerprint density at radius 2 is 2.03 bits per heavy atom. The zero-order valence-electron chi connectivity index (χ0n) is 16.8. The number of carboxylic acid groups (broad SMARTS) is 1. The van der Waals surface area contributed by atoms with E-state index in [1.54, 1.807) is 0 Å². The molecule has 4 unspecified atom stereocenters. The molecule has 1 saturated carbocycles. The number of rotatable bonds is 9. The third kappa shape index (κ3) is 4.46. The Hall–Kier alpha value is -1.98. The van der Waals surface area contributed by atoms with Crippen LogP contribution in [0.25, 0.3) is 11.2 Å². The number of aromatic nitrogens is 5. The van der Waals surface area contributed by atoms with Gasteiger partial charge in [0.25, 0.3) is 0 Å². The van der Waals surface area contributed by atoms with E-state index >= 15 is 0 Å². The van der Waals surface area contributed by atoms with E-state index < -0.39 is 30.1 Å². The van der Waals surface area contributed by atoms with Gasteiger partial charge in [-0.3, -0.25) is 4.79 Å². The molecule has 2 heterocycles. The Labute approximate surface area is 173 Å². The topological polar surface area (TPSA) is 146 Å². The highest BCUT2D eigenvalue weighted by Crippen LogP contribution is 2.37. The molecule has 3 rings (SSSR count).